The van der Waals surface area contributed by atoms with E-state index in [1.807, 2.05) is 7.05 Å². The first-order chi connectivity index (χ1) is 10.9. The van der Waals surface area contributed by atoms with Gasteiger partial charge in [0.15, 0.2) is 0 Å². The molecule has 2 N–H and O–H groups in total. The maximum absolute atomic E-state index is 12.1. The second-order valence-electron chi connectivity index (χ2n) is 7.59. The monoisotopic (exact) mass is 317 g/mol. The van der Waals surface area contributed by atoms with Crippen molar-refractivity contribution in [2.75, 3.05) is 26.7 Å². The minimum atomic E-state index is 0.0479. The highest BCUT2D eigenvalue weighted by Crippen LogP contribution is 2.24. The van der Waals surface area contributed by atoms with E-state index >= 15 is 0 Å². The van der Waals surface area contributed by atoms with Gasteiger partial charge in [0.1, 0.15) is 0 Å². The van der Waals surface area contributed by atoms with Gasteiger partial charge in [-0.3, -0.25) is 9.69 Å². The molecule has 1 unspecified atom stereocenters. The van der Waals surface area contributed by atoms with Crippen LogP contribution < -0.4 is 10.6 Å². The first-order valence-corrected chi connectivity index (χ1v) is 8.63. The van der Waals surface area contributed by atoms with Crippen molar-refractivity contribution in [3.05, 3.63) is 35.4 Å². The van der Waals surface area contributed by atoms with Crippen molar-refractivity contribution >= 4 is 5.91 Å². The molecule has 1 aromatic rings. The summed E-state index contributed by atoms with van der Waals surface area (Å²) in [5, 5.41) is 6.27. The second-order valence-corrected chi connectivity index (χ2v) is 7.59. The minimum Gasteiger partial charge on any atom is -0.352 e. The molecule has 0 bridgehead atoms. The predicted molar refractivity (Wildman–Crippen MR) is 95.4 cm³/mol. The Morgan fingerprint density at radius 3 is 2.61 bits per heavy atom. The molecule has 0 radical (unpaired) electrons. The van der Waals surface area contributed by atoms with Crippen molar-refractivity contribution in [1.29, 1.82) is 0 Å². The van der Waals surface area contributed by atoms with Gasteiger partial charge in [-0.25, -0.2) is 0 Å². The number of fused-ring (bicyclic) bond motifs is 1. The number of carbonyl (C=O) groups is 1. The van der Waals surface area contributed by atoms with Crippen molar-refractivity contribution in [2.45, 2.75) is 46.2 Å². The summed E-state index contributed by atoms with van der Waals surface area (Å²) in [5.74, 6) is 0.136. The van der Waals surface area contributed by atoms with Gasteiger partial charge in [-0.1, -0.05) is 45.0 Å². The number of nitrogens with zero attached hydrogens (tertiary/aromatic N) is 1. The normalized spacial score (nSPS) is 16.7. The molecule has 2 rings (SSSR count). The number of rotatable bonds is 6. The smallest absolute Gasteiger partial charge is 0.221 e. The Balaban J connectivity index is 1.97. The van der Waals surface area contributed by atoms with E-state index in [9.17, 15) is 4.79 Å². The van der Waals surface area contributed by atoms with Gasteiger partial charge >= 0.3 is 0 Å². The Labute approximate surface area is 140 Å². The number of hydrogen-bond acceptors (Lipinski definition) is 3. The maximum atomic E-state index is 12.1. The maximum Gasteiger partial charge on any atom is 0.221 e. The molecular formula is C19H31N3O. The van der Waals surface area contributed by atoms with Crippen LogP contribution in [0.3, 0.4) is 0 Å². The minimum absolute atomic E-state index is 0.0479. The lowest BCUT2D eigenvalue weighted by Crippen LogP contribution is -2.51. The third kappa shape index (κ3) is 5.33. The number of nitrogens with one attached hydrogen (secondary N) is 2. The van der Waals surface area contributed by atoms with Gasteiger partial charge in [-0.15, -0.1) is 0 Å². The van der Waals surface area contributed by atoms with Crippen LogP contribution in [0.5, 0.6) is 0 Å². The van der Waals surface area contributed by atoms with Crippen LogP contribution in [0, 0.1) is 5.41 Å². The number of amides is 1. The summed E-state index contributed by atoms with van der Waals surface area (Å²) in [7, 11) is 1.87. The van der Waals surface area contributed by atoms with Crippen molar-refractivity contribution < 1.29 is 4.79 Å². The van der Waals surface area contributed by atoms with Crippen molar-refractivity contribution in [3.8, 4) is 0 Å². The van der Waals surface area contributed by atoms with Crippen molar-refractivity contribution in [3.63, 3.8) is 0 Å². The summed E-state index contributed by atoms with van der Waals surface area (Å²) in [6.45, 7) is 10.3. The van der Waals surface area contributed by atoms with Crippen LogP contribution in [0.15, 0.2) is 24.3 Å². The Morgan fingerprint density at radius 2 is 1.96 bits per heavy atom. The average molecular weight is 317 g/mol. The summed E-state index contributed by atoms with van der Waals surface area (Å²) >= 11 is 0. The van der Waals surface area contributed by atoms with Gasteiger partial charge in [0.2, 0.25) is 5.91 Å². The van der Waals surface area contributed by atoms with Crippen LogP contribution in [-0.4, -0.2) is 43.5 Å². The van der Waals surface area contributed by atoms with E-state index in [1.165, 1.54) is 11.1 Å². The van der Waals surface area contributed by atoms with Crippen LogP contribution in [0.4, 0.5) is 0 Å². The SMILES string of the molecule is CNCCC(=O)NC(CN1CCc2ccccc2C1)C(C)(C)C. The summed E-state index contributed by atoms with van der Waals surface area (Å²) in [5.41, 5.74) is 2.94. The highest BCUT2D eigenvalue weighted by atomic mass is 16.1. The lowest BCUT2D eigenvalue weighted by Gasteiger charge is -2.38. The Bertz CT molecular complexity index is 522. The fourth-order valence-electron chi connectivity index (χ4n) is 3.01. The standard InChI is InChI=1S/C19H31N3O/c1-19(2,3)17(21-18(23)9-11-20-4)14-22-12-10-15-7-5-6-8-16(15)13-22/h5-8,17,20H,9-14H2,1-4H3,(H,21,23). The third-order valence-electron chi connectivity index (χ3n) is 4.63. The molecule has 1 aliphatic rings. The first kappa shape index (κ1) is 18.0. The van der Waals surface area contributed by atoms with Gasteiger partial charge in [-0.05, 0) is 30.0 Å². The van der Waals surface area contributed by atoms with Gasteiger partial charge < -0.3 is 10.6 Å². The summed E-state index contributed by atoms with van der Waals surface area (Å²) in [6.07, 6.45) is 1.63. The van der Waals surface area contributed by atoms with Crippen LogP contribution in [0.1, 0.15) is 38.3 Å². The summed E-state index contributed by atoms with van der Waals surface area (Å²) in [4.78, 5) is 14.6. The van der Waals surface area contributed by atoms with Gasteiger partial charge in [0.05, 0.1) is 0 Å². The predicted octanol–water partition coefficient (Wildman–Crippen LogP) is 2.19. The fourth-order valence-corrected chi connectivity index (χ4v) is 3.01. The lowest BCUT2D eigenvalue weighted by molar-refractivity contribution is -0.122. The molecule has 128 valence electrons. The van der Waals surface area contributed by atoms with Gasteiger partial charge in [0.25, 0.3) is 0 Å². The zero-order valence-electron chi connectivity index (χ0n) is 15.0. The molecule has 0 saturated carbocycles. The summed E-state index contributed by atoms with van der Waals surface area (Å²) < 4.78 is 0. The number of hydrogen-bond donors (Lipinski definition) is 2. The number of benzene rings is 1. The molecule has 1 aliphatic heterocycles. The number of carbonyl (C=O) groups excluding carboxylic acids is 1. The van der Waals surface area contributed by atoms with E-state index in [2.05, 4.69) is 60.6 Å². The highest BCUT2D eigenvalue weighted by molar-refractivity contribution is 5.76. The van der Waals surface area contributed by atoms with Crippen LogP contribution >= 0.6 is 0 Å². The van der Waals surface area contributed by atoms with Crippen LogP contribution in [0.2, 0.25) is 0 Å². The molecule has 4 heteroatoms. The van der Waals surface area contributed by atoms with E-state index in [0.29, 0.717) is 6.42 Å². The molecule has 0 spiro atoms. The van der Waals surface area contributed by atoms with Crippen molar-refractivity contribution in [1.82, 2.24) is 15.5 Å². The second kappa shape index (κ2) is 7.93. The molecule has 0 fully saturated rings. The van der Waals surface area contributed by atoms with E-state index in [1.54, 1.807) is 0 Å². The fraction of sp³-hybridized carbons (Fsp3) is 0.632. The zero-order valence-corrected chi connectivity index (χ0v) is 15.0. The van der Waals surface area contributed by atoms with Crippen LogP contribution in [0.25, 0.3) is 0 Å². The molecule has 1 amide bonds. The molecule has 1 heterocycles. The third-order valence-corrected chi connectivity index (χ3v) is 4.63. The van der Waals surface area contributed by atoms with E-state index < -0.39 is 0 Å². The largest absolute Gasteiger partial charge is 0.352 e. The Kier molecular flexibility index (Phi) is 6.19. The Morgan fingerprint density at radius 1 is 1.26 bits per heavy atom. The Hall–Kier alpha value is -1.39. The molecule has 0 saturated heterocycles. The summed E-state index contributed by atoms with van der Waals surface area (Å²) in [6, 6.07) is 8.85. The van der Waals surface area contributed by atoms with E-state index in [0.717, 1.165) is 32.6 Å². The molecule has 23 heavy (non-hydrogen) atoms. The van der Waals surface area contributed by atoms with Crippen LogP contribution in [-0.2, 0) is 17.8 Å². The molecule has 1 aromatic carbocycles. The lowest BCUT2D eigenvalue weighted by atomic mass is 9.85. The molecule has 0 aliphatic carbocycles. The molecule has 0 aromatic heterocycles. The van der Waals surface area contributed by atoms with Gasteiger partial charge in [0, 0.05) is 38.6 Å². The quantitative estimate of drug-likeness (QED) is 0.845. The van der Waals surface area contributed by atoms with E-state index in [-0.39, 0.29) is 17.4 Å². The first-order valence-electron chi connectivity index (χ1n) is 8.63. The molecule has 1 atom stereocenters. The average Bonchev–Trinajstić information content (AvgIpc) is 2.51. The zero-order chi connectivity index (χ0) is 16.9. The van der Waals surface area contributed by atoms with E-state index in [4.69, 9.17) is 0 Å². The highest BCUT2D eigenvalue weighted by Gasteiger charge is 2.29. The van der Waals surface area contributed by atoms with Crippen molar-refractivity contribution in [2.24, 2.45) is 5.41 Å². The topological polar surface area (TPSA) is 44.4 Å². The molecule has 4 nitrogen and oxygen atoms in total. The molecular weight excluding hydrogens is 286 g/mol. The van der Waals surface area contributed by atoms with Gasteiger partial charge in [-0.2, -0.15) is 0 Å².